The normalized spacial score (nSPS) is 12.2. The third kappa shape index (κ3) is 3.58. The van der Waals surface area contributed by atoms with Crippen LogP contribution in [0.15, 0.2) is 47.7 Å². The molecule has 1 aromatic carbocycles. The summed E-state index contributed by atoms with van der Waals surface area (Å²) in [5.41, 5.74) is 2.99. The van der Waals surface area contributed by atoms with E-state index in [-0.39, 0.29) is 5.91 Å². The number of pyridine rings is 2. The van der Waals surface area contributed by atoms with Crippen LogP contribution in [0, 0.1) is 0 Å². The Kier molecular flexibility index (Phi) is 5.57. The molecule has 0 aliphatic carbocycles. The fourth-order valence-corrected chi connectivity index (χ4v) is 3.81. The Hall–Kier alpha value is -3.16. The van der Waals surface area contributed by atoms with E-state index in [2.05, 4.69) is 20.3 Å². The predicted molar refractivity (Wildman–Crippen MR) is 115 cm³/mol. The van der Waals surface area contributed by atoms with Gasteiger partial charge in [0.05, 0.1) is 42.2 Å². The van der Waals surface area contributed by atoms with Crippen LogP contribution in [0.1, 0.15) is 21.6 Å². The maximum absolute atomic E-state index is 12.4. The van der Waals surface area contributed by atoms with Crippen molar-refractivity contribution in [1.82, 2.24) is 15.3 Å². The lowest BCUT2D eigenvalue weighted by molar-refractivity contribution is 0.0977. The molecule has 1 aliphatic heterocycles. The van der Waals surface area contributed by atoms with Gasteiger partial charge in [-0.15, -0.1) is 0 Å². The van der Waals surface area contributed by atoms with Crippen molar-refractivity contribution in [2.75, 3.05) is 14.2 Å². The van der Waals surface area contributed by atoms with Crippen molar-refractivity contribution in [3.05, 3.63) is 69.6 Å². The third-order valence-corrected chi connectivity index (χ3v) is 5.37. The van der Waals surface area contributed by atoms with Crippen LogP contribution < -0.4 is 14.8 Å². The fourth-order valence-electron chi connectivity index (χ4n) is 3.12. The van der Waals surface area contributed by atoms with Crippen LogP contribution in [0.2, 0.25) is 10.0 Å². The van der Waals surface area contributed by atoms with E-state index in [1.165, 1.54) is 14.2 Å². The number of amides is 1. The Morgan fingerprint density at radius 2 is 1.70 bits per heavy atom. The molecule has 0 fully saturated rings. The molecule has 30 heavy (non-hydrogen) atoms. The number of methoxy groups -OCH3 is 2. The number of rotatable bonds is 4. The summed E-state index contributed by atoms with van der Waals surface area (Å²) in [7, 11) is 3.03. The van der Waals surface area contributed by atoms with Gasteiger partial charge < -0.3 is 14.8 Å². The quantitative estimate of drug-likeness (QED) is 0.655. The first-order valence-corrected chi connectivity index (χ1v) is 9.65. The summed E-state index contributed by atoms with van der Waals surface area (Å²) in [6, 6.07) is 8.48. The van der Waals surface area contributed by atoms with Crippen LogP contribution in [0.5, 0.6) is 11.5 Å². The summed E-state index contributed by atoms with van der Waals surface area (Å²) in [4.78, 5) is 25.4. The van der Waals surface area contributed by atoms with Crippen LogP contribution in [0.3, 0.4) is 0 Å². The lowest BCUT2D eigenvalue weighted by Crippen LogP contribution is -2.30. The van der Waals surface area contributed by atoms with Gasteiger partial charge in [-0.3, -0.25) is 14.8 Å². The van der Waals surface area contributed by atoms with Crippen molar-refractivity contribution in [2.45, 2.75) is 6.54 Å². The molecule has 0 spiro atoms. The van der Waals surface area contributed by atoms with E-state index < -0.39 is 0 Å². The second kappa shape index (κ2) is 8.30. The Labute approximate surface area is 182 Å². The van der Waals surface area contributed by atoms with Gasteiger partial charge in [-0.25, -0.2) is 4.98 Å². The number of benzene rings is 1. The van der Waals surface area contributed by atoms with Crippen LogP contribution in [-0.4, -0.2) is 35.9 Å². The Bertz CT molecular complexity index is 1140. The van der Waals surface area contributed by atoms with Crippen molar-refractivity contribution in [2.24, 2.45) is 4.99 Å². The molecule has 0 atom stereocenters. The average molecular weight is 443 g/mol. The summed E-state index contributed by atoms with van der Waals surface area (Å²) in [6.45, 7) is 0.325. The predicted octanol–water partition coefficient (Wildman–Crippen LogP) is 4.16. The molecule has 0 saturated heterocycles. The summed E-state index contributed by atoms with van der Waals surface area (Å²) in [6.07, 6.45) is 3.12. The summed E-state index contributed by atoms with van der Waals surface area (Å²) < 4.78 is 10.7. The van der Waals surface area contributed by atoms with Gasteiger partial charge in [0, 0.05) is 35.2 Å². The van der Waals surface area contributed by atoms with Crippen molar-refractivity contribution in [3.63, 3.8) is 0 Å². The molecule has 2 aromatic heterocycles. The zero-order chi connectivity index (χ0) is 21.3. The minimum atomic E-state index is -0.267. The summed E-state index contributed by atoms with van der Waals surface area (Å²) in [5.74, 6) is 1.05. The van der Waals surface area contributed by atoms with Crippen molar-refractivity contribution < 1.29 is 14.3 Å². The number of hydrogen-bond acceptors (Lipinski definition) is 6. The smallest absolute Gasteiger partial charge is 0.256 e. The Morgan fingerprint density at radius 3 is 2.33 bits per heavy atom. The molecule has 1 amide bonds. The maximum atomic E-state index is 12.4. The molecule has 0 unspecified atom stereocenters. The number of carbonyl (C=O) groups excluding carboxylic acids is 1. The highest BCUT2D eigenvalue weighted by Crippen LogP contribution is 2.45. The van der Waals surface area contributed by atoms with E-state index in [0.29, 0.717) is 56.4 Å². The van der Waals surface area contributed by atoms with Crippen LogP contribution in [-0.2, 0) is 6.54 Å². The first kappa shape index (κ1) is 20.1. The maximum Gasteiger partial charge on any atom is 0.256 e. The van der Waals surface area contributed by atoms with Crippen molar-refractivity contribution >= 4 is 34.9 Å². The van der Waals surface area contributed by atoms with Crippen LogP contribution in [0.25, 0.3) is 11.3 Å². The molecule has 9 heteroatoms. The van der Waals surface area contributed by atoms with E-state index in [9.17, 15) is 4.79 Å². The molecular weight excluding hydrogens is 427 g/mol. The summed E-state index contributed by atoms with van der Waals surface area (Å²) >= 11 is 13.0. The Balaban J connectivity index is 1.67. The van der Waals surface area contributed by atoms with Gasteiger partial charge in [-0.05, 0) is 24.3 Å². The van der Waals surface area contributed by atoms with E-state index in [0.717, 1.165) is 5.56 Å². The largest absolute Gasteiger partial charge is 0.495 e. The highest BCUT2D eigenvalue weighted by Gasteiger charge is 2.24. The van der Waals surface area contributed by atoms with Gasteiger partial charge in [-0.2, -0.15) is 0 Å². The molecule has 152 valence electrons. The molecule has 3 heterocycles. The summed E-state index contributed by atoms with van der Waals surface area (Å²) in [5, 5.41) is 3.49. The highest BCUT2D eigenvalue weighted by atomic mass is 35.5. The van der Waals surface area contributed by atoms with Gasteiger partial charge in [0.15, 0.2) is 0 Å². The number of aliphatic imine (C=N–C) groups is 1. The standard InChI is InChI=1S/C21H16Cl2N4O3/c1-29-15-9-16(30-2)19(23)17(18(15)22)13-4-3-12-14(26-13)10-25-20(12)27-21(28)11-5-7-24-8-6-11/h3-9H,10H2,1-2H3,(H,25,27,28). The molecule has 1 aliphatic rings. The number of fused-ring (bicyclic) bond motifs is 1. The molecule has 0 saturated carbocycles. The van der Waals surface area contributed by atoms with E-state index in [1.54, 1.807) is 36.7 Å². The minimum absolute atomic E-state index is 0.267. The number of ether oxygens (including phenoxy) is 2. The first-order chi connectivity index (χ1) is 14.5. The van der Waals surface area contributed by atoms with Gasteiger partial charge in [0.2, 0.25) is 0 Å². The fraction of sp³-hybridized carbons (Fsp3) is 0.143. The number of hydrogen-bond donors (Lipinski definition) is 1. The monoisotopic (exact) mass is 442 g/mol. The van der Waals surface area contributed by atoms with E-state index >= 15 is 0 Å². The van der Waals surface area contributed by atoms with Crippen LogP contribution in [0.4, 0.5) is 0 Å². The second-order valence-electron chi connectivity index (χ2n) is 6.33. The lowest BCUT2D eigenvalue weighted by atomic mass is 10.1. The SMILES string of the molecule is COc1cc(OC)c(Cl)c(-c2ccc3c(n2)CN=C3NC(=O)c2ccncc2)c1Cl. The molecule has 1 N–H and O–H groups in total. The van der Waals surface area contributed by atoms with E-state index in [4.69, 9.17) is 32.7 Å². The molecule has 4 rings (SSSR count). The number of carbonyl (C=O) groups is 1. The average Bonchev–Trinajstić information content (AvgIpc) is 3.16. The van der Waals surface area contributed by atoms with Gasteiger partial charge in [0.1, 0.15) is 17.3 Å². The topological polar surface area (TPSA) is 85.7 Å². The van der Waals surface area contributed by atoms with Gasteiger partial charge >= 0.3 is 0 Å². The molecule has 0 bridgehead atoms. The number of nitrogens with zero attached hydrogens (tertiary/aromatic N) is 3. The molecule has 3 aromatic rings. The van der Waals surface area contributed by atoms with Gasteiger partial charge in [-0.1, -0.05) is 23.2 Å². The minimum Gasteiger partial charge on any atom is -0.495 e. The number of aromatic nitrogens is 2. The number of amidine groups is 1. The zero-order valence-corrected chi connectivity index (χ0v) is 17.6. The zero-order valence-electron chi connectivity index (χ0n) is 16.1. The molecular formula is C21H16Cl2N4O3. The number of halogens is 2. The van der Waals surface area contributed by atoms with Crippen LogP contribution >= 0.6 is 23.2 Å². The second-order valence-corrected chi connectivity index (χ2v) is 7.09. The Morgan fingerprint density at radius 1 is 1.03 bits per heavy atom. The molecule has 0 radical (unpaired) electrons. The van der Waals surface area contributed by atoms with Crippen molar-refractivity contribution in [3.8, 4) is 22.8 Å². The highest BCUT2D eigenvalue weighted by molar-refractivity contribution is 6.41. The first-order valence-electron chi connectivity index (χ1n) is 8.90. The lowest BCUT2D eigenvalue weighted by Gasteiger charge is -2.15. The van der Waals surface area contributed by atoms with E-state index in [1.807, 2.05) is 6.07 Å². The third-order valence-electron chi connectivity index (χ3n) is 4.62. The van der Waals surface area contributed by atoms with Gasteiger partial charge in [0.25, 0.3) is 5.91 Å². The van der Waals surface area contributed by atoms with Crippen molar-refractivity contribution in [1.29, 1.82) is 0 Å². The molecule has 7 nitrogen and oxygen atoms in total. The number of nitrogens with one attached hydrogen (secondary N) is 1.